The van der Waals surface area contributed by atoms with Crippen molar-refractivity contribution in [1.29, 1.82) is 0 Å². The second-order valence-corrected chi connectivity index (χ2v) is 7.94. The second-order valence-electron chi connectivity index (χ2n) is 7.94. The molecule has 0 atom stereocenters. The summed E-state index contributed by atoms with van der Waals surface area (Å²) in [7, 11) is 0. The van der Waals surface area contributed by atoms with Gasteiger partial charge in [-0.3, -0.25) is 9.48 Å². The third-order valence-electron chi connectivity index (χ3n) is 6.43. The van der Waals surface area contributed by atoms with Crippen LogP contribution in [-0.4, -0.2) is 38.3 Å². The maximum atomic E-state index is 11.6. The van der Waals surface area contributed by atoms with Crippen LogP contribution >= 0.6 is 0 Å². The van der Waals surface area contributed by atoms with E-state index in [2.05, 4.69) is 11.6 Å². The number of rotatable bonds is 1. The highest BCUT2D eigenvalue weighted by Gasteiger charge is 2.46. The maximum absolute atomic E-state index is 11.6. The van der Waals surface area contributed by atoms with Gasteiger partial charge < -0.3 is 10.0 Å². The Hall–Kier alpha value is -1.36. The SMILES string of the molecule is CC.CC(=O)N1CCc2c(c(C)nn2C2CCC3(CC2)CC(O)C3)C1. The minimum atomic E-state index is -0.0520. The van der Waals surface area contributed by atoms with E-state index in [4.69, 9.17) is 5.10 Å². The number of amides is 1. The number of carbonyl (C=O) groups is 1. The first-order valence-electron chi connectivity index (χ1n) is 9.98. The lowest BCUT2D eigenvalue weighted by Gasteiger charge is -2.49. The predicted molar refractivity (Wildman–Crippen MR) is 98.3 cm³/mol. The van der Waals surface area contributed by atoms with E-state index in [0.717, 1.165) is 38.0 Å². The molecule has 140 valence electrons. The first kappa shape index (κ1) is 18.4. The summed E-state index contributed by atoms with van der Waals surface area (Å²) in [6.07, 6.45) is 7.68. The summed E-state index contributed by atoms with van der Waals surface area (Å²) in [4.78, 5) is 13.6. The third-order valence-corrected chi connectivity index (χ3v) is 6.43. The van der Waals surface area contributed by atoms with Gasteiger partial charge in [0.05, 0.1) is 17.8 Å². The van der Waals surface area contributed by atoms with Gasteiger partial charge in [-0.05, 0) is 50.9 Å². The van der Waals surface area contributed by atoms with Crippen LogP contribution < -0.4 is 0 Å². The van der Waals surface area contributed by atoms with Crippen molar-refractivity contribution in [2.45, 2.75) is 91.3 Å². The number of aromatic nitrogens is 2. The molecule has 2 heterocycles. The monoisotopic (exact) mass is 347 g/mol. The Kier molecular flexibility index (Phi) is 5.24. The highest BCUT2D eigenvalue weighted by atomic mass is 16.3. The van der Waals surface area contributed by atoms with E-state index in [9.17, 15) is 9.90 Å². The summed E-state index contributed by atoms with van der Waals surface area (Å²) in [5.74, 6) is 0.158. The predicted octanol–water partition coefficient (Wildman–Crippen LogP) is 3.38. The molecule has 0 radical (unpaired) electrons. The minimum Gasteiger partial charge on any atom is -0.393 e. The van der Waals surface area contributed by atoms with E-state index in [1.165, 1.54) is 36.9 Å². The summed E-state index contributed by atoms with van der Waals surface area (Å²) in [5.41, 5.74) is 4.15. The van der Waals surface area contributed by atoms with Crippen LogP contribution in [0.4, 0.5) is 0 Å². The number of aryl methyl sites for hydroxylation is 1. The quantitative estimate of drug-likeness (QED) is 0.847. The van der Waals surface area contributed by atoms with E-state index in [1.807, 2.05) is 18.7 Å². The summed E-state index contributed by atoms with van der Waals surface area (Å²) in [6.45, 7) is 9.26. The standard InChI is InChI=1S/C18H27N3O2.C2H6/c1-12-16-11-20(13(2)22)8-5-17(16)21(19-12)14-3-6-18(7-4-14)9-15(23)10-18;1-2/h14-15,23H,3-11H2,1-2H3;1-2H3. The zero-order valence-electron chi connectivity index (χ0n) is 16.2. The number of fused-ring (bicyclic) bond motifs is 1. The fourth-order valence-corrected chi connectivity index (χ4v) is 4.99. The molecule has 0 unspecified atom stereocenters. The van der Waals surface area contributed by atoms with E-state index in [0.29, 0.717) is 11.5 Å². The van der Waals surface area contributed by atoms with Gasteiger partial charge in [0, 0.05) is 37.7 Å². The van der Waals surface area contributed by atoms with Crippen molar-refractivity contribution in [2.75, 3.05) is 6.54 Å². The van der Waals surface area contributed by atoms with Crippen LogP contribution in [0.1, 0.15) is 82.3 Å². The average Bonchev–Trinajstić information content (AvgIpc) is 2.92. The molecule has 1 amide bonds. The van der Waals surface area contributed by atoms with Crippen LogP contribution in [0.15, 0.2) is 0 Å². The van der Waals surface area contributed by atoms with Gasteiger partial charge in [-0.25, -0.2) is 0 Å². The molecule has 1 aromatic rings. The van der Waals surface area contributed by atoms with E-state index in [1.54, 1.807) is 6.92 Å². The van der Waals surface area contributed by atoms with Gasteiger partial charge in [0.2, 0.25) is 5.91 Å². The largest absolute Gasteiger partial charge is 0.393 e. The fraction of sp³-hybridized carbons (Fsp3) is 0.800. The summed E-state index contributed by atoms with van der Waals surface area (Å²) >= 11 is 0. The first-order valence-corrected chi connectivity index (χ1v) is 9.98. The van der Waals surface area contributed by atoms with Gasteiger partial charge in [-0.2, -0.15) is 5.10 Å². The molecule has 1 N–H and O–H groups in total. The van der Waals surface area contributed by atoms with Crippen molar-refractivity contribution in [3.8, 4) is 0 Å². The highest BCUT2D eigenvalue weighted by Crippen LogP contribution is 2.53. The molecule has 1 aliphatic heterocycles. The van der Waals surface area contributed by atoms with Gasteiger partial charge in [-0.1, -0.05) is 13.8 Å². The lowest BCUT2D eigenvalue weighted by atomic mass is 9.59. The van der Waals surface area contributed by atoms with E-state index >= 15 is 0 Å². The van der Waals surface area contributed by atoms with Crippen LogP contribution in [0, 0.1) is 12.3 Å². The molecule has 3 aliphatic rings. The summed E-state index contributed by atoms with van der Waals surface area (Å²) in [6, 6.07) is 0.504. The topological polar surface area (TPSA) is 58.4 Å². The van der Waals surface area contributed by atoms with Gasteiger partial charge in [0.15, 0.2) is 0 Å². The number of aliphatic hydroxyl groups excluding tert-OH is 1. The highest BCUT2D eigenvalue weighted by molar-refractivity contribution is 5.73. The Morgan fingerprint density at radius 1 is 1.24 bits per heavy atom. The average molecular weight is 348 g/mol. The smallest absolute Gasteiger partial charge is 0.219 e. The molecular formula is C20H33N3O2. The molecule has 2 aliphatic carbocycles. The molecule has 1 aromatic heterocycles. The van der Waals surface area contributed by atoms with E-state index < -0.39 is 0 Å². The Morgan fingerprint density at radius 2 is 1.88 bits per heavy atom. The van der Waals surface area contributed by atoms with Crippen molar-refractivity contribution in [3.63, 3.8) is 0 Å². The molecule has 2 fully saturated rings. The molecule has 0 saturated heterocycles. The van der Waals surface area contributed by atoms with Crippen molar-refractivity contribution in [2.24, 2.45) is 5.41 Å². The zero-order chi connectivity index (χ0) is 18.2. The Morgan fingerprint density at radius 3 is 2.44 bits per heavy atom. The number of hydrogen-bond donors (Lipinski definition) is 1. The number of hydrogen-bond acceptors (Lipinski definition) is 3. The molecule has 5 nitrogen and oxygen atoms in total. The normalized spacial score (nSPS) is 31.0. The van der Waals surface area contributed by atoms with Crippen LogP contribution in [0.25, 0.3) is 0 Å². The van der Waals surface area contributed by atoms with Crippen LogP contribution in [-0.2, 0) is 17.8 Å². The molecule has 4 rings (SSSR count). The summed E-state index contributed by atoms with van der Waals surface area (Å²) in [5, 5.41) is 14.5. The van der Waals surface area contributed by atoms with Gasteiger partial charge in [0.1, 0.15) is 0 Å². The minimum absolute atomic E-state index is 0.0520. The van der Waals surface area contributed by atoms with Gasteiger partial charge in [-0.15, -0.1) is 0 Å². The number of carbonyl (C=O) groups excluding carboxylic acids is 1. The lowest BCUT2D eigenvalue weighted by molar-refractivity contribution is -0.129. The third kappa shape index (κ3) is 3.35. The number of nitrogens with zero attached hydrogens (tertiary/aromatic N) is 3. The Labute approximate surface area is 151 Å². The Balaban J connectivity index is 0.000000880. The summed E-state index contributed by atoms with van der Waals surface area (Å²) < 4.78 is 2.28. The molecule has 25 heavy (non-hydrogen) atoms. The molecule has 0 aromatic carbocycles. The van der Waals surface area contributed by atoms with Crippen molar-refractivity contribution >= 4 is 5.91 Å². The van der Waals surface area contributed by atoms with Crippen molar-refractivity contribution in [3.05, 3.63) is 17.0 Å². The molecule has 0 bridgehead atoms. The Bertz CT molecular complexity index is 621. The van der Waals surface area contributed by atoms with Crippen LogP contribution in [0.3, 0.4) is 0 Å². The van der Waals surface area contributed by atoms with Crippen molar-refractivity contribution < 1.29 is 9.90 Å². The second kappa shape index (κ2) is 7.10. The fourth-order valence-electron chi connectivity index (χ4n) is 4.99. The van der Waals surface area contributed by atoms with Crippen LogP contribution in [0.5, 0.6) is 0 Å². The molecular weight excluding hydrogens is 314 g/mol. The van der Waals surface area contributed by atoms with E-state index in [-0.39, 0.29) is 12.0 Å². The molecule has 1 spiro atoms. The lowest BCUT2D eigenvalue weighted by Crippen LogP contribution is -2.43. The molecule has 5 heteroatoms. The maximum Gasteiger partial charge on any atom is 0.219 e. The number of aliphatic hydroxyl groups is 1. The van der Waals surface area contributed by atoms with Crippen LogP contribution in [0.2, 0.25) is 0 Å². The van der Waals surface area contributed by atoms with Gasteiger partial charge in [0.25, 0.3) is 0 Å². The molecule has 2 saturated carbocycles. The zero-order valence-corrected chi connectivity index (χ0v) is 16.2. The first-order chi connectivity index (χ1) is 12.0. The van der Waals surface area contributed by atoms with Crippen molar-refractivity contribution in [1.82, 2.24) is 14.7 Å². The van der Waals surface area contributed by atoms with Gasteiger partial charge >= 0.3 is 0 Å².